The predicted molar refractivity (Wildman–Crippen MR) is 85.0 cm³/mol. The summed E-state index contributed by atoms with van der Waals surface area (Å²) in [6.45, 7) is 5.24. The second kappa shape index (κ2) is 6.91. The van der Waals surface area contributed by atoms with Crippen molar-refractivity contribution < 1.29 is 24.5 Å². The minimum Gasteiger partial charge on any atom is -0.502 e. The van der Waals surface area contributed by atoms with Gasteiger partial charge in [-0.25, -0.2) is 4.79 Å². The Bertz CT molecular complexity index is 712. The first-order chi connectivity index (χ1) is 11.3. The van der Waals surface area contributed by atoms with E-state index in [1.165, 1.54) is 16.7 Å². The zero-order valence-electron chi connectivity index (χ0n) is 13.9. The molecule has 132 valence electrons. The van der Waals surface area contributed by atoms with E-state index in [0.29, 0.717) is 13.2 Å². The van der Waals surface area contributed by atoms with Crippen LogP contribution in [0.25, 0.3) is 0 Å². The van der Waals surface area contributed by atoms with Crippen LogP contribution in [0.5, 0.6) is 5.75 Å². The normalized spacial score (nSPS) is 14.2. The number of pyridine rings is 1. The largest absolute Gasteiger partial charge is 0.502 e. The van der Waals surface area contributed by atoms with E-state index in [1.807, 2.05) is 13.8 Å². The van der Waals surface area contributed by atoms with Crippen LogP contribution >= 0.6 is 0 Å². The van der Waals surface area contributed by atoms with Gasteiger partial charge in [-0.2, -0.15) is 0 Å². The van der Waals surface area contributed by atoms with E-state index in [2.05, 4.69) is 0 Å². The summed E-state index contributed by atoms with van der Waals surface area (Å²) in [5, 5.41) is 21.0. The van der Waals surface area contributed by atoms with E-state index in [0.717, 1.165) is 6.20 Å². The van der Waals surface area contributed by atoms with Gasteiger partial charge in [0.05, 0.1) is 6.61 Å². The van der Waals surface area contributed by atoms with E-state index in [1.54, 1.807) is 5.01 Å². The third kappa shape index (κ3) is 3.21. The van der Waals surface area contributed by atoms with Crippen LogP contribution in [0.1, 0.15) is 34.7 Å². The number of aromatic hydroxyl groups is 1. The predicted octanol–water partition coefficient (Wildman–Crippen LogP) is -0.0942. The van der Waals surface area contributed by atoms with Gasteiger partial charge >= 0.3 is 5.97 Å². The number of hydrogen-bond acceptors (Lipinski definition) is 6. The number of fused-ring (bicyclic) bond motifs is 1. The zero-order valence-corrected chi connectivity index (χ0v) is 13.9. The molecule has 0 radical (unpaired) electrons. The van der Waals surface area contributed by atoms with Gasteiger partial charge in [-0.1, -0.05) is 13.8 Å². The Labute approximate surface area is 138 Å². The van der Waals surface area contributed by atoms with Crippen LogP contribution in [0, 0.1) is 5.92 Å². The van der Waals surface area contributed by atoms with E-state index in [-0.39, 0.29) is 24.8 Å². The molecule has 0 spiro atoms. The van der Waals surface area contributed by atoms with E-state index >= 15 is 0 Å². The number of carbonyl (C=O) groups excluding carboxylic acids is 1. The molecule has 0 aliphatic carbocycles. The topological polar surface area (TPSA) is 112 Å². The molecule has 0 bridgehead atoms. The van der Waals surface area contributed by atoms with Crippen LogP contribution in [0.4, 0.5) is 0 Å². The van der Waals surface area contributed by atoms with Crippen molar-refractivity contribution >= 4 is 11.9 Å². The second-order valence-corrected chi connectivity index (χ2v) is 6.00. The van der Waals surface area contributed by atoms with Crippen molar-refractivity contribution in [2.75, 3.05) is 38.5 Å². The minimum absolute atomic E-state index is 0.203. The maximum atomic E-state index is 12.6. The summed E-state index contributed by atoms with van der Waals surface area (Å²) in [6, 6.07) is 0. The zero-order chi connectivity index (χ0) is 18.0. The number of aromatic nitrogens is 1. The fourth-order valence-corrected chi connectivity index (χ4v) is 2.58. The van der Waals surface area contributed by atoms with Crippen LogP contribution in [0.2, 0.25) is 0 Å². The highest BCUT2D eigenvalue weighted by atomic mass is 16.5. The highest BCUT2D eigenvalue weighted by Crippen LogP contribution is 2.21. The van der Waals surface area contributed by atoms with E-state index < -0.39 is 28.6 Å². The van der Waals surface area contributed by atoms with Gasteiger partial charge in [-0.15, -0.1) is 0 Å². The van der Waals surface area contributed by atoms with Crippen LogP contribution in [-0.2, 0) is 4.74 Å². The number of aromatic carboxylic acids is 1. The minimum atomic E-state index is -1.45. The number of amides is 1. The molecule has 0 atom stereocenters. The average molecular weight is 339 g/mol. The van der Waals surface area contributed by atoms with Gasteiger partial charge in [0.1, 0.15) is 12.2 Å². The summed E-state index contributed by atoms with van der Waals surface area (Å²) in [7, 11) is 1.51. The Morgan fingerprint density at radius 1 is 1.38 bits per heavy atom. The maximum Gasteiger partial charge on any atom is 0.341 e. The molecule has 24 heavy (non-hydrogen) atoms. The molecule has 1 aromatic rings. The van der Waals surface area contributed by atoms with Crippen molar-refractivity contribution in [2.24, 2.45) is 5.92 Å². The number of carboxylic acid groups (broad SMARTS) is 1. The monoisotopic (exact) mass is 339 g/mol. The average Bonchev–Trinajstić information content (AvgIpc) is 2.50. The van der Waals surface area contributed by atoms with Gasteiger partial charge in [0.2, 0.25) is 5.43 Å². The third-order valence-electron chi connectivity index (χ3n) is 3.66. The molecule has 1 amide bonds. The lowest BCUT2D eigenvalue weighted by Crippen LogP contribution is -2.56. The molecule has 0 aromatic carbocycles. The number of carbonyl (C=O) groups is 2. The van der Waals surface area contributed by atoms with Crippen molar-refractivity contribution in [3.8, 4) is 5.75 Å². The number of nitrogens with zero attached hydrogens (tertiary/aromatic N) is 3. The molecular weight excluding hydrogens is 318 g/mol. The first-order valence-corrected chi connectivity index (χ1v) is 7.53. The first-order valence-electron chi connectivity index (χ1n) is 7.53. The van der Waals surface area contributed by atoms with Crippen LogP contribution in [0.15, 0.2) is 11.0 Å². The SMILES string of the molecule is COCCN1CN(CC(C)C)n2cc(C(=O)O)c(=O)c(O)c2C1=O. The van der Waals surface area contributed by atoms with Gasteiger partial charge < -0.3 is 19.8 Å². The molecule has 2 heterocycles. The molecular formula is C15H21N3O6. The molecule has 2 N–H and O–H groups in total. The van der Waals surface area contributed by atoms with Gasteiger partial charge in [-0.3, -0.25) is 19.3 Å². The van der Waals surface area contributed by atoms with Crippen molar-refractivity contribution in [1.29, 1.82) is 0 Å². The van der Waals surface area contributed by atoms with Crippen molar-refractivity contribution in [2.45, 2.75) is 13.8 Å². The summed E-state index contributed by atoms with van der Waals surface area (Å²) in [5.41, 5.74) is -1.88. The molecule has 1 aliphatic heterocycles. The molecule has 1 aliphatic rings. The number of ether oxygens (including phenoxy) is 1. The Morgan fingerprint density at radius 3 is 2.58 bits per heavy atom. The van der Waals surface area contributed by atoms with Gasteiger partial charge in [-0.05, 0) is 5.92 Å². The fraction of sp³-hybridized carbons (Fsp3) is 0.533. The summed E-state index contributed by atoms with van der Waals surface area (Å²) < 4.78 is 6.25. The van der Waals surface area contributed by atoms with Gasteiger partial charge in [0.15, 0.2) is 11.4 Å². The number of carboxylic acids is 1. The number of methoxy groups -OCH3 is 1. The Morgan fingerprint density at radius 2 is 2.04 bits per heavy atom. The van der Waals surface area contributed by atoms with Crippen LogP contribution in [-0.4, -0.2) is 65.1 Å². The maximum absolute atomic E-state index is 12.6. The summed E-state index contributed by atoms with van der Waals surface area (Å²) in [4.78, 5) is 37.3. The summed E-state index contributed by atoms with van der Waals surface area (Å²) in [6.07, 6.45) is 1.09. The van der Waals surface area contributed by atoms with Crippen LogP contribution in [0.3, 0.4) is 0 Å². The van der Waals surface area contributed by atoms with Gasteiger partial charge in [0.25, 0.3) is 5.91 Å². The molecule has 0 unspecified atom stereocenters. The first kappa shape index (κ1) is 17.8. The molecule has 1 aromatic heterocycles. The molecule has 9 heteroatoms. The third-order valence-corrected chi connectivity index (χ3v) is 3.66. The summed E-state index contributed by atoms with van der Waals surface area (Å²) >= 11 is 0. The number of hydrogen-bond donors (Lipinski definition) is 2. The molecule has 0 saturated heterocycles. The molecule has 0 fully saturated rings. The van der Waals surface area contributed by atoms with Crippen molar-refractivity contribution in [3.05, 3.63) is 27.7 Å². The molecule has 0 saturated carbocycles. The number of rotatable bonds is 6. The second-order valence-electron chi connectivity index (χ2n) is 6.00. The van der Waals surface area contributed by atoms with Crippen molar-refractivity contribution in [3.63, 3.8) is 0 Å². The highest BCUT2D eigenvalue weighted by Gasteiger charge is 2.34. The molecule has 9 nitrogen and oxygen atoms in total. The Kier molecular flexibility index (Phi) is 5.13. The lowest BCUT2D eigenvalue weighted by atomic mass is 10.1. The standard InChI is InChI=1S/C15H21N3O6/c1-9(2)6-17-8-16(4-5-24-3)14(21)11-13(20)12(19)10(15(22)23)7-18(11)17/h7,9,20H,4-6,8H2,1-3H3,(H,22,23). The lowest BCUT2D eigenvalue weighted by Gasteiger charge is -2.40. The van der Waals surface area contributed by atoms with E-state index in [4.69, 9.17) is 9.84 Å². The van der Waals surface area contributed by atoms with E-state index in [9.17, 15) is 19.5 Å². The lowest BCUT2D eigenvalue weighted by molar-refractivity contribution is 0.0612. The smallest absolute Gasteiger partial charge is 0.341 e. The quantitative estimate of drug-likeness (QED) is 0.744. The van der Waals surface area contributed by atoms with Gasteiger partial charge in [0, 0.05) is 26.4 Å². The van der Waals surface area contributed by atoms with Crippen LogP contribution < -0.4 is 10.4 Å². The summed E-state index contributed by atoms with van der Waals surface area (Å²) in [5.74, 6) is -2.64. The van der Waals surface area contributed by atoms with Crippen molar-refractivity contribution in [1.82, 2.24) is 9.58 Å². The Hall–Kier alpha value is -2.55. The highest BCUT2D eigenvalue weighted by molar-refractivity contribution is 5.97. The fourth-order valence-electron chi connectivity index (χ4n) is 2.58. The Balaban J connectivity index is 2.59. The molecule has 2 rings (SSSR count).